The number of benzene rings is 1. The largest absolute Gasteiger partial charge is 0.357 e. The van der Waals surface area contributed by atoms with E-state index in [0.29, 0.717) is 18.9 Å². The molecule has 0 aliphatic heterocycles. The van der Waals surface area contributed by atoms with E-state index in [1.165, 1.54) is 0 Å². The van der Waals surface area contributed by atoms with Crippen LogP contribution in [0.2, 0.25) is 0 Å². The minimum atomic E-state index is 0.0826. The van der Waals surface area contributed by atoms with Crippen molar-refractivity contribution in [3.05, 3.63) is 60.0 Å². The third-order valence-corrected chi connectivity index (χ3v) is 4.43. The van der Waals surface area contributed by atoms with Gasteiger partial charge in [-0.15, -0.1) is 0 Å². The average molecular weight is 396 g/mol. The van der Waals surface area contributed by atoms with Crippen molar-refractivity contribution >= 4 is 5.96 Å². The molecule has 3 rings (SSSR count). The van der Waals surface area contributed by atoms with Crippen molar-refractivity contribution in [2.24, 2.45) is 4.99 Å². The lowest BCUT2D eigenvalue weighted by molar-refractivity contribution is 0.372. The van der Waals surface area contributed by atoms with Crippen molar-refractivity contribution in [1.29, 1.82) is 0 Å². The second-order valence-electron chi connectivity index (χ2n) is 7.12. The van der Waals surface area contributed by atoms with Crippen molar-refractivity contribution < 1.29 is 4.52 Å². The van der Waals surface area contributed by atoms with Gasteiger partial charge in [-0.2, -0.15) is 10.1 Å². The Hall–Kier alpha value is -3.16. The number of nitrogens with zero attached hydrogens (tertiary/aromatic N) is 5. The SMILES string of the molecule is CCNC(=NCCc1nc(C(C)C)no1)NC(C)c1cccc(-n2cccn2)c1. The highest BCUT2D eigenvalue weighted by molar-refractivity contribution is 5.80. The standard InChI is InChI=1S/C21H29N7O/c1-5-22-21(23-12-10-19-26-20(15(2)3)27-29-19)25-16(4)17-8-6-9-18(14-17)28-13-7-11-24-28/h6-9,11,13-16H,5,10,12H2,1-4H3,(H2,22,23,25). The van der Waals surface area contributed by atoms with E-state index in [4.69, 9.17) is 4.52 Å². The molecule has 0 radical (unpaired) electrons. The molecule has 1 aromatic carbocycles. The number of aliphatic imine (C=N–C) groups is 1. The molecule has 1 unspecified atom stereocenters. The van der Waals surface area contributed by atoms with Crippen LogP contribution in [0.25, 0.3) is 5.69 Å². The molecule has 8 nitrogen and oxygen atoms in total. The number of guanidine groups is 1. The molecule has 154 valence electrons. The van der Waals surface area contributed by atoms with Gasteiger partial charge in [0.1, 0.15) is 0 Å². The van der Waals surface area contributed by atoms with E-state index < -0.39 is 0 Å². The van der Waals surface area contributed by atoms with Gasteiger partial charge < -0.3 is 15.2 Å². The van der Waals surface area contributed by atoms with Gasteiger partial charge in [-0.1, -0.05) is 31.1 Å². The van der Waals surface area contributed by atoms with E-state index in [9.17, 15) is 0 Å². The predicted octanol–water partition coefficient (Wildman–Crippen LogP) is 3.24. The van der Waals surface area contributed by atoms with Crippen LogP contribution in [0.4, 0.5) is 0 Å². The van der Waals surface area contributed by atoms with Gasteiger partial charge in [-0.25, -0.2) is 4.68 Å². The van der Waals surface area contributed by atoms with E-state index >= 15 is 0 Å². The Morgan fingerprint density at radius 3 is 2.79 bits per heavy atom. The highest BCUT2D eigenvalue weighted by Gasteiger charge is 2.11. The quantitative estimate of drug-likeness (QED) is 0.449. The summed E-state index contributed by atoms with van der Waals surface area (Å²) in [4.78, 5) is 9.05. The highest BCUT2D eigenvalue weighted by Crippen LogP contribution is 2.16. The zero-order valence-electron chi connectivity index (χ0n) is 17.5. The molecule has 3 aromatic rings. The molecule has 29 heavy (non-hydrogen) atoms. The Labute approximate surface area is 171 Å². The lowest BCUT2D eigenvalue weighted by Crippen LogP contribution is -2.38. The first kappa shape index (κ1) is 20.6. The van der Waals surface area contributed by atoms with Crippen LogP contribution in [0.5, 0.6) is 0 Å². The van der Waals surface area contributed by atoms with Gasteiger partial charge in [0.2, 0.25) is 5.89 Å². The molecule has 2 aromatic heterocycles. The zero-order chi connectivity index (χ0) is 20.6. The molecule has 2 N–H and O–H groups in total. The third kappa shape index (κ3) is 5.66. The minimum Gasteiger partial charge on any atom is -0.357 e. The molecule has 0 aliphatic rings. The first-order valence-corrected chi connectivity index (χ1v) is 10.0. The fourth-order valence-electron chi connectivity index (χ4n) is 2.83. The molecule has 0 bridgehead atoms. The maximum absolute atomic E-state index is 5.29. The normalized spacial score (nSPS) is 12.9. The Morgan fingerprint density at radius 1 is 1.24 bits per heavy atom. The van der Waals surface area contributed by atoms with Crippen LogP contribution in [0.3, 0.4) is 0 Å². The molecule has 0 saturated carbocycles. The molecule has 8 heteroatoms. The van der Waals surface area contributed by atoms with Gasteiger partial charge in [0.25, 0.3) is 0 Å². The van der Waals surface area contributed by atoms with Gasteiger partial charge in [-0.05, 0) is 37.6 Å². The molecular weight excluding hydrogens is 366 g/mol. The smallest absolute Gasteiger partial charge is 0.228 e. The fraction of sp³-hybridized carbons (Fsp3) is 0.429. The van der Waals surface area contributed by atoms with E-state index in [2.05, 4.69) is 49.9 Å². The lowest BCUT2D eigenvalue weighted by Gasteiger charge is -2.19. The van der Waals surface area contributed by atoms with Crippen molar-refractivity contribution in [1.82, 2.24) is 30.6 Å². The van der Waals surface area contributed by atoms with Crippen LogP contribution in [-0.2, 0) is 6.42 Å². The summed E-state index contributed by atoms with van der Waals surface area (Å²) in [5, 5.41) is 15.0. The third-order valence-electron chi connectivity index (χ3n) is 4.43. The second kappa shape index (κ2) is 9.86. The summed E-state index contributed by atoms with van der Waals surface area (Å²) in [6.45, 7) is 9.60. The highest BCUT2D eigenvalue weighted by atomic mass is 16.5. The number of nitrogens with one attached hydrogen (secondary N) is 2. The maximum Gasteiger partial charge on any atom is 0.228 e. The summed E-state index contributed by atoms with van der Waals surface area (Å²) in [7, 11) is 0. The van der Waals surface area contributed by atoms with Gasteiger partial charge in [0.15, 0.2) is 11.8 Å². The van der Waals surface area contributed by atoms with Crippen LogP contribution >= 0.6 is 0 Å². The first-order valence-electron chi connectivity index (χ1n) is 10.0. The van der Waals surface area contributed by atoms with Crippen molar-refractivity contribution in [3.8, 4) is 5.69 Å². The topological polar surface area (TPSA) is 93.2 Å². The van der Waals surface area contributed by atoms with E-state index in [-0.39, 0.29) is 12.0 Å². The summed E-state index contributed by atoms with van der Waals surface area (Å²) in [5.74, 6) is 2.37. The Bertz CT molecular complexity index is 915. The number of aromatic nitrogens is 4. The summed E-state index contributed by atoms with van der Waals surface area (Å²) in [6, 6.07) is 10.3. The van der Waals surface area contributed by atoms with Crippen LogP contribution in [0.15, 0.2) is 52.2 Å². The van der Waals surface area contributed by atoms with Crippen molar-refractivity contribution in [3.63, 3.8) is 0 Å². The van der Waals surface area contributed by atoms with Crippen molar-refractivity contribution in [2.75, 3.05) is 13.1 Å². The summed E-state index contributed by atoms with van der Waals surface area (Å²) < 4.78 is 7.14. The van der Waals surface area contributed by atoms with Gasteiger partial charge in [-0.3, -0.25) is 4.99 Å². The Balaban J connectivity index is 1.63. The average Bonchev–Trinajstić information content (AvgIpc) is 3.40. The lowest BCUT2D eigenvalue weighted by atomic mass is 10.1. The van der Waals surface area contributed by atoms with E-state index in [0.717, 1.165) is 29.6 Å². The second-order valence-corrected chi connectivity index (χ2v) is 7.12. The van der Waals surface area contributed by atoms with Gasteiger partial charge >= 0.3 is 0 Å². The minimum absolute atomic E-state index is 0.0826. The van der Waals surface area contributed by atoms with Crippen LogP contribution < -0.4 is 10.6 Å². The molecule has 0 saturated heterocycles. The molecular formula is C21H29N7O. The number of rotatable bonds is 8. The summed E-state index contributed by atoms with van der Waals surface area (Å²) in [5.41, 5.74) is 2.18. The van der Waals surface area contributed by atoms with Crippen molar-refractivity contribution in [2.45, 2.75) is 46.1 Å². The molecule has 0 amide bonds. The molecule has 1 atom stereocenters. The first-order chi connectivity index (χ1) is 14.1. The molecule has 0 fully saturated rings. The number of hydrogen-bond donors (Lipinski definition) is 2. The number of hydrogen-bond acceptors (Lipinski definition) is 5. The summed E-state index contributed by atoms with van der Waals surface area (Å²) in [6.07, 6.45) is 4.32. The van der Waals surface area contributed by atoms with Crippen LogP contribution in [0.1, 0.15) is 56.9 Å². The van der Waals surface area contributed by atoms with E-state index in [1.807, 2.05) is 49.8 Å². The van der Waals surface area contributed by atoms with Crippen LogP contribution in [-0.4, -0.2) is 39.0 Å². The molecule has 0 spiro atoms. The van der Waals surface area contributed by atoms with E-state index in [1.54, 1.807) is 6.20 Å². The maximum atomic E-state index is 5.29. The molecule has 2 heterocycles. The monoisotopic (exact) mass is 395 g/mol. The predicted molar refractivity (Wildman–Crippen MR) is 113 cm³/mol. The Kier molecular flexibility index (Phi) is 6.99. The zero-order valence-corrected chi connectivity index (χ0v) is 17.5. The Morgan fingerprint density at radius 2 is 2.10 bits per heavy atom. The molecule has 0 aliphatic carbocycles. The fourth-order valence-corrected chi connectivity index (χ4v) is 2.83. The van der Waals surface area contributed by atoms with Gasteiger partial charge in [0.05, 0.1) is 18.3 Å². The van der Waals surface area contributed by atoms with Crippen LogP contribution in [0, 0.1) is 0 Å². The summed E-state index contributed by atoms with van der Waals surface area (Å²) >= 11 is 0. The van der Waals surface area contributed by atoms with Gasteiger partial charge in [0, 0.05) is 31.3 Å².